The molecule has 4 nitrogen and oxygen atoms in total. The van der Waals surface area contributed by atoms with Gasteiger partial charge in [-0.2, -0.15) is 0 Å². The lowest BCUT2D eigenvalue weighted by Gasteiger charge is -2.35. The molecule has 0 aromatic heterocycles. The molecule has 1 N–H and O–H groups in total. The molecule has 1 heterocycles. The van der Waals surface area contributed by atoms with Crippen LogP contribution in [0.3, 0.4) is 0 Å². The van der Waals surface area contributed by atoms with E-state index >= 15 is 0 Å². The Bertz CT molecular complexity index is 489. The van der Waals surface area contributed by atoms with Gasteiger partial charge in [0.25, 0.3) is 0 Å². The van der Waals surface area contributed by atoms with Crippen molar-refractivity contribution < 1.29 is 14.6 Å². The third-order valence-electron chi connectivity index (χ3n) is 4.52. The van der Waals surface area contributed by atoms with Crippen LogP contribution in [0.15, 0.2) is 18.2 Å². The fourth-order valence-corrected chi connectivity index (χ4v) is 3.23. The Morgan fingerprint density at radius 2 is 2.29 bits per heavy atom. The van der Waals surface area contributed by atoms with Crippen molar-refractivity contribution in [2.45, 2.75) is 44.9 Å². The van der Waals surface area contributed by atoms with Crippen molar-refractivity contribution in [2.75, 3.05) is 26.3 Å². The monoisotopic (exact) mass is 291 g/mol. The van der Waals surface area contributed by atoms with Gasteiger partial charge in [-0.25, -0.2) is 0 Å². The summed E-state index contributed by atoms with van der Waals surface area (Å²) in [7, 11) is 0. The smallest absolute Gasteiger partial charge is 0.122 e. The van der Waals surface area contributed by atoms with Crippen molar-refractivity contribution in [2.24, 2.45) is 0 Å². The van der Waals surface area contributed by atoms with Gasteiger partial charge in [0.1, 0.15) is 18.5 Å². The minimum absolute atomic E-state index is 0.128. The van der Waals surface area contributed by atoms with Crippen LogP contribution in [-0.2, 0) is 11.2 Å². The van der Waals surface area contributed by atoms with Crippen molar-refractivity contribution in [3.63, 3.8) is 0 Å². The Balaban J connectivity index is 1.61. The molecular weight excluding hydrogens is 266 g/mol. The Morgan fingerprint density at radius 3 is 3.10 bits per heavy atom. The van der Waals surface area contributed by atoms with Gasteiger partial charge in [0.05, 0.1) is 12.7 Å². The fourth-order valence-electron chi connectivity index (χ4n) is 3.23. The summed E-state index contributed by atoms with van der Waals surface area (Å²) in [5.41, 5.74) is 2.20. The highest BCUT2D eigenvalue weighted by atomic mass is 16.5. The number of hydrogen-bond donors (Lipinski definition) is 1. The topological polar surface area (TPSA) is 41.9 Å². The standard InChI is InChI=1S/C17H25NO3/c1-12(2)18-8-9-20-13(10-18)11-21-17-5-3-4-14-15(17)6-7-16(14)19/h3-5,12-13,16,19H,6-11H2,1-2H3. The first-order chi connectivity index (χ1) is 10.1. The minimum atomic E-state index is -0.328. The lowest BCUT2D eigenvalue weighted by Crippen LogP contribution is -2.47. The summed E-state index contributed by atoms with van der Waals surface area (Å²) in [6.45, 7) is 7.72. The normalized spacial score (nSPS) is 26.1. The van der Waals surface area contributed by atoms with E-state index in [1.807, 2.05) is 18.2 Å². The van der Waals surface area contributed by atoms with Crippen molar-refractivity contribution in [1.29, 1.82) is 0 Å². The zero-order valence-electron chi connectivity index (χ0n) is 12.9. The number of rotatable bonds is 4. The Labute approximate surface area is 126 Å². The molecule has 0 amide bonds. The van der Waals surface area contributed by atoms with Gasteiger partial charge in [0.2, 0.25) is 0 Å². The van der Waals surface area contributed by atoms with E-state index in [-0.39, 0.29) is 12.2 Å². The van der Waals surface area contributed by atoms with Crippen LogP contribution in [0.2, 0.25) is 0 Å². The van der Waals surface area contributed by atoms with E-state index in [9.17, 15) is 5.11 Å². The number of nitrogens with zero attached hydrogens (tertiary/aromatic N) is 1. The van der Waals surface area contributed by atoms with E-state index in [0.29, 0.717) is 12.6 Å². The van der Waals surface area contributed by atoms with Crippen LogP contribution in [0.25, 0.3) is 0 Å². The summed E-state index contributed by atoms with van der Waals surface area (Å²) in [6, 6.07) is 6.51. The summed E-state index contributed by atoms with van der Waals surface area (Å²) < 4.78 is 11.8. The first kappa shape index (κ1) is 14.8. The summed E-state index contributed by atoms with van der Waals surface area (Å²) in [5.74, 6) is 0.911. The van der Waals surface area contributed by atoms with Crippen LogP contribution in [0.4, 0.5) is 0 Å². The predicted molar refractivity (Wildman–Crippen MR) is 81.7 cm³/mol. The molecule has 2 unspecified atom stereocenters. The van der Waals surface area contributed by atoms with Gasteiger partial charge in [0.15, 0.2) is 0 Å². The molecule has 21 heavy (non-hydrogen) atoms. The number of ether oxygens (including phenoxy) is 2. The van der Waals surface area contributed by atoms with E-state index < -0.39 is 0 Å². The fraction of sp³-hybridized carbons (Fsp3) is 0.647. The number of fused-ring (bicyclic) bond motifs is 1. The van der Waals surface area contributed by atoms with Crippen LogP contribution >= 0.6 is 0 Å². The Hall–Kier alpha value is -1.10. The van der Waals surface area contributed by atoms with Crippen molar-refractivity contribution in [3.05, 3.63) is 29.3 Å². The Kier molecular flexibility index (Phi) is 4.48. The molecule has 1 fully saturated rings. The first-order valence-corrected chi connectivity index (χ1v) is 7.93. The molecule has 0 bridgehead atoms. The molecule has 2 aliphatic rings. The number of aliphatic hydroxyl groups is 1. The van der Waals surface area contributed by atoms with E-state index in [2.05, 4.69) is 18.7 Å². The highest BCUT2D eigenvalue weighted by molar-refractivity contribution is 5.44. The average molecular weight is 291 g/mol. The van der Waals surface area contributed by atoms with E-state index in [1.165, 1.54) is 5.56 Å². The van der Waals surface area contributed by atoms with E-state index in [4.69, 9.17) is 9.47 Å². The highest BCUT2D eigenvalue weighted by Gasteiger charge is 2.25. The molecular formula is C17H25NO3. The van der Waals surface area contributed by atoms with E-state index in [0.717, 1.165) is 43.9 Å². The summed E-state index contributed by atoms with van der Waals surface area (Å²) in [5, 5.41) is 9.93. The third-order valence-corrected chi connectivity index (χ3v) is 4.52. The van der Waals surface area contributed by atoms with Crippen LogP contribution in [0, 0.1) is 0 Å². The molecule has 2 atom stereocenters. The molecule has 1 aliphatic heterocycles. The van der Waals surface area contributed by atoms with Gasteiger partial charge in [-0.1, -0.05) is 12.1 Å². The van der Waals surface area contributed by atoms with Crippen molar-refractivity contribution >= 4 is 0 Å². The molecule has 0 radical (unpaired) electrons. The zero-order chi connectivity index (χ0) is 14.8. The maximum atomic E-state index is 9.93. The SMILES string of the molecule is CC(C)N1CCOC(COc2cccc3c2CCC3O)C1. The second-order valence-electron chi connectivity index (χ2n) is 6.27. The lowest BCUT2D eigenvalue weighted by atomic mass is 10.1. The quantitative estimate of drug-likeness (QED) is 0.923. The minimum Gasteiger partial charge on any atom is -0.491 e. The van der Waals surface area contributed by atoms with Crippen molar-refractivity contribution in [1.82, 2.24) is 4.90 Å². The van der Waals surface area contributed by atoms with Gasteiger partial charge in [-0.05, 0) is 38.3 Å². The highest BCUT2D eigenvalue weighted by Crippen LogP contribution is 2.36. The van der Waals surface area contributed by atoms with Gasteiger partial charge in [-0.3, -0.25) is 4.90 Å². The molecule has 1 aliphatic carbocycles. The molecule has 1 saturated heterocycles. The second-order valence-corrected chi connectivity index (χ2v) is 6.27. The molecule has 4 heteroatoms. The molecule has 1 aromatic rings. The van der Waals surface area contributed by atoms with E-state index in [1.54, 1.807) is 0 Å². The maximum absolute atomic E-state index is 9.93. The molecule has 3 rings (SSSR count). The van der Waals surface area contributed by atoms with Gasteiger partial charge in [0, 0.05) is 24.7 Å². The molecule has 0 spiro atoms. The number of benzene rings is 1. The number of morpholine rings is 1. The summed E-state index contributed by atoms with van der Waals surface area (Å²) in [4.78, 5) is 2.43. The van der Waals surface area contributed by atoms with Crippen LogP contribution in [0.5, 0.6) is 5.75 Å². The average Bonchev–Trinajstić information content (AvgIpc) is 2.88. The molecule has 116 valence electrons. The largest absolute Gasteiger partial charge is 0.491 e. The second kappa shape index (κ2) is 6.34. The lowest BCUT2D eigenvalue weighted by molar-refractivity contribution is -0.0565. The van der Waals surface area contributed by atoms with Crippen LogP contribution < -0.4 is 4.74 Å². The first-order valence-electron chi connectivity index (χ1n) is 7.93. The Morgan fingerprint density at radius 1 is 1.43 bits per heavy atom. The zero-order valence-corrected chi connectivity index (χ0v) is 12.9. The van der Waals surface area contributed by atoms with Crippen molar-refractivity contribution in [3.8, 4) is 5.75 Å². The van der Waals surface area contributed by atoms with Gasteiger partial charge >= 0.3 is 0 Å². The van der Waals surface area contributed by atoms with Crippen LogP contribution in [0.1, 0.15) is 37.5 Å². The van der Waals surface area contributed by atoms with Crippen LogP contribution in [-0.4, -0.2) is 48.5 Å². The summed E-state index contributed by atoms with van der Waals surface area (Å²) in [6.07, 6.45) is 1.50. The maximum Gasteiger partial charge on any atom is 0.122 e. The molecule has 0 saturated carbocycles. The predicted octanol–water partition coefficient (Wildman–Crippen LogP) is 2.15. The number of hydrogen-bond acceptors (Lipinski definition) is 4. The summed E-state index contributed by atoms with van der Waals surface area (Å²) >= 11 is 0. The third kappa shape index (κ3) is 3.23. The number of aliphatic hydroxyl groups excluding tert-OH is 1. The molecule has 1 aromatic carbocycles. The van der Waals surface area contributed by atoms with Gasteiger partial charge in [-0.15, -0.1) is 0 Å². The van der Waals surface area contributed by atoms with Gasteiger partial charge < -0.3 is 14.6 Å².